The van der Waals surface area contributed by atoms with E-state index in [2.05, 4.69) is 17.1 Å². The fraction of sp³-hybridized carbons (Fsp3) is 0.143. The molecule has 0 saturated heterocycles. The first kappa shape index (κ1) is 10.2. The monoisotopic (exact) mass is 200 g/mol. The first-order valence-corrected chi connectivity index (χ1v) is 3.91. The Balaban J connectivity index is 3.19. The van der Waals surface area contributed by atoms with E-state index in [-0.39, 0.29) is 11.2 Å². The number of methoxy groups -OCH3 is 1. The molecule has 0 amide bonds. The Labute approximate surface area is 81.9 Å². The average Bonchev–Trinajstić information content (AvgIpc) is 2.16. The van der Waals surface area contributed by atoms with Crippen molar-refractivity contribution in [3.63, 3.8) is 0 Å². The minimum absolute atomic E-state index is 0.244. The lowest BCUT2D eigenvalue weighted by molar-refractivity contribution is 0.393. The van der Waals surface area contributed by atoms with Crippen molar-refractivity contribution in [2.45, 2.75) is 0 Å². The Bertz CT molecular complexity index is 292. The molecule has 1 aromatic rings. The van der Waals surface area contributed by atoms with Crippen LogP contribution < -0.4 is 14.4 Å². The van der Waals surface area contributed by atoms with E-state index in [9.17, 15) is 0 Å². The van der Waals surface area contributed by atoms with Gasteiger partial charge in [0.1, 0.15) is 0 Å². The number of benzene rings is 1. The summed E-state index contributed by atoms with van der Waals surface area (Å²) < 4.78 is 9.61. The lowest BCUT2D eigenvalue weighted by atomic mass is 9.79. The van der Waals surface area contributed by atoms with Crippen molar-refractivity contribution in [3.05, 3.63) is 18.2 Å². The van der Waals surface area contributed by atoms with Gasteiger partial charge in [0.15, 0.2) is 11.5 Å². The molecule has 0 atom stereocenters. The molecule has 0 fully saturated rings. The second-order valence-electron chi connectivity index (χ2n) is 2.34. The van der Waals surface area contributed by atoms with Gasteiger partial charge in [-0.15, -0.1) is 0 Å². The highest BCUT2D eigenvalue weighted by molar-refractivity contribution is 7.75. The van der Waals surface area contributed by atoms with Crippen LogP contribution in [-0.2, 0) is 0 Å². The van der Waals surface area contributed by atoms with Gasteiger partial charge in [-0.2, -0.15) is 0 Å². The molecule has 0 heterocycles. The van der Waals surface area contributed by atoms with Crippen molar-refractivity contribution in [3.8, 4) is 11.5 Å². The summed E-state index contributed by atoms with van der Waals surface area (Å²) in [6, 6.07) is 4.75. The number of thiol groups is 1. The summed E-state index contributed by atoms with van der Waals surface area (Å²) in [6.07, 6.45) is 0. The summed E-state index contributed by atoms with van der Waals surface area (Å²) in [5, 5.41) is 17.9. The maximum Gasteiger partial charge on any atom is 0.492 e. The summed E-state index contributed by atoms with van der Waals surface area (Å²) >= 11 is 3.61. The van der Waals surface area contributed by atoms with Crippen molar-refractivity contribution in [2.24, 2.45) is 0 Å². The number of para-hydroxylation sites is 1. The standard InChI is InChI=1S/C7H9BO4S/c1-11-7-5(8(9)10)3-2-4-6(7)12-13/h2-4,9-10,13H,1H3. The van der Waals surface area contributed by atoms with Crippen LogP contribution in [0.4, 0.5) is 0 Å². The van der Waals surface area contributed by atoms with E-state index in [1.165, 1.54) is 13.2 Å². The molecular formula is C7H9BO4S. The van der Waals surface area contributed by atoms with Gasteiger partial charge in [-0.25, -0.2) is 0 Å². The fourth-order valence-electron chi connectivity index (χ4n) is 1.03. The lowest BCUT2D eigenvalue weighted by Gasteiger charge is -2.10. The van der Waals surface area contributed by atoms with Crippen molar-refractivity contribution >= 4 is 25.5 Å². The van der Waals surface area contributed by atoms with Gasteiger partial charge in [-0.05, 0) is 6.07 Å². The smallest absolute Gasteiger partial charge is 0.492 e. The number of ether oxygens (including phenoxy) is 1. The van der Waals surface area contributed by atoms with Crippen molar-refractivity contribution < 1.29 is 19.0 Å². The third kappa shape index (κ3) is 2.09. The van der Waals surface area contributed by atoms with Crippen LogP contribution in [0.5, 0.6) is 11.5 Å². The van der Waals surface area contributed by atoms with Gasteiger partial charge in [0.25, 0.3) is 0 Å². The molecule has 0 spiro atoms. The Morgan fingerprint density at radius 3 is 2.54 bits per heavy atom. The average molecular weight is 200 g/mol. The first-order chi connectivity index (χ1) is 6.20. The van der Waals surface area contributed by atoms with Crippen LogP contribution in [0.2, 0.25) is 0 Å². The minimum atomic E-state index is -1.58. The van der Waals surface area contributed by atoms with E-state index in [0.717, 1.165) is 0 Å². The molecule has 1 aromatic carbocycles. The van der Waals surface area contributed by atoms with Crippen LogP contribution >= 0.6 is 12.9 Å². The zero-order valence-corrected chi connectivity index (χ0v) is 7.86. The fourth-order valence-corrected chi connectivity index (χ4v) is 1.17. The normalized spacial score (nSPS) is 9.54. The molecule has 0 aliphatic heterocycles. The third-order valence-corrected chi connectivity index (χ3v) is 1.79. The zero-order chi connectivity index (χ0) is 9.84. The predicted octanol–water partition coefficient (Wildman–Crippen LogP) is -0.401. The molecule has 0 aromatic heterocycles. The lowest BCUT2D eigenvalue weighted by Crippen LogP contribution is -2.31. The van der Waals surface area contributed by atoms with Crippen molar-refractivity contribution in [2.75, 3.05) is 7.11 Å². The van der Waals surface area contributed by atoms with Crippen LogP contribution in [0.1, 0.15) is 0 Å². The van der Waals surface area contributed by atoms with Crippen molar-refractivity contribution in [1.29, 1.82) is 0 Å². The van der Waals surface area contributed by atoms with E-state index in [1.54, 1.807) is 12.1 Å². The SMILES string of the molecule is COc1c(OS)cccc1B(O)O. The zero-order valence-electron chi connectivity index (χ0n) is 6.97. The Morgan fingerprint density at radius 2 is 2.08 bits per heavy atom. The number of rotatable bonds is 3. The van der Waals surface area contributed by atoms with E-state index < -0.39 is 7.12 Å². The summed E-state index contributed by atoms with van der Waals surface area (Å²) in [6.45, 7) is 0. The van der Waals surface area contributed by atoms with Gasteiger partial charge in [-0.3, -0.25) is 0 Å². The van der Waals surface area contributed by atoms with Gasteiger partial charge >= 0.3 is 7.12 Å². The summed E-state index contributed by atoms with van der Waals surface area (Å²) in [4.78, 5) is 0. The molecule has 0 saturated carbocycles. The highest BCUT2D eigenvalue weighted by Gasteiger charge is 2.19. The molecule has 4 nitrogen and oxygen atoms in total. The molecule has 0 radical (unpaired) electrons. The van der Waals surface area contributed by atoms with E-state index in [1.807, 2.05) is 0 Å². The number of hydrogen-bond acceptors (Lipinski definition) is 5. The van der Waals surface area contributed by atoms with Crippen LogP contribution in [0.15, 0.2) is 18.2 Å². The van der Waals surface area contributed by atoms with Gasteiger partial charge in [0.2, 0.25) is 0 Å². The third-order valence-electron chi connectivity index (χ3n) is 1.59. The molecule has 0 aliphatic carbocycles. The predicted molar refractivity (Wildman–Crippen MR) is 52.4 cm³/mol. The highest BCUT2D eigenvalue weighted by atomic mass is 32.1. The van der Waals surface area contributed by atoms with Gasteiger partial charge in [-0.1, -0.05) is 12.1 Å². The largest absolute Gasteiger partial charge is 0.493 e. The molecule has 2 N–H and O–H groups in total. The molecular weight excluding hydrogens is 191 g/mol. The van der Waals surface area contributed by atoms with Gasteiger partial charge in [0.05, 0.1) is 7.11 Å². The molecule has 0 aliphatic rings. The molecule has 0 bridgehead atoms. The second kappa shape index (κ2) is 4.41. The molecule has 6 heteroatoms. The molecule has 1 rings (SSSR count). The van der Waals surface area contributed by atoms with Gasteiger partial charge in [0, 0.05) is 18.4 Å². The molecule has 70 valence electrons. The van der Waals surface area contributed by atoms with Gasteiger partial charge < -0.3 is 19.0 Å². The number of hydrogen-bond donors (Lipinski definition) is 3. The molecule has 13 heavy (non-hydrogen) atoms. The van der Waals surface area contributed by atoms with Crippen molar-refractivity contribution in [1.82, 2.24) is 0 Å². The minimum Gasteiger partial charge on any atom is -0.493 e. The Kier molecular flexibility index (Phi) is 3.47. The van der Waals surface area contributed by atoms with E-state index in [0.29, 0.717) is 5.75 Å². The van der Waals surface area contributed by atoms with Crippen LogP contribution in [-0.4, -0.2) is 24.3 Å². The quantitative estimate of drug-likeness (QED) is 0.353. The summed E-state index contributed by atoms with van der Waals surface area (Å²) in [7, 11) is -0.171. The topological polar surface area (TPSA) is 58.9 Å². The second-order valence-corrected chi connectivity index (χ2v) is 2.53. The Morgan fingerprint density at radius 1 is 1.38 bits per heavy atom. The first-order valence-electron chi connectivity index (χ1n) is 3.55. The van der Waals surface area contributed by atoms with E-state index >= 15 is 0 Å². The Hall–Kier alpha value is -0.845. The summed E-state index contributed by atoms with van der Waals surface area (Å²) in [5.41, 5.74) is 0.244. The van der Waals surface area contributed by atoms with Crippen LogP contribution in [0.25, 0.3) is 0 Å². The van der Waals surface area contributed by atoms with Crippen LogP contribution in [0, 0.1) is 0 Å². The van der Waals surface area contributed by atoms with Crippen LogP contribution in [0.3, 0.4) is 0 Å². The maximum absolute atomic E-state index is 8.95. The highest BCUT2D eigenvalue weighted by Crippen LogP contribution is 2.25. The van der Waals surface area contributed by atoms with E-state index in [4.69, 9.17) is 14.8 Å². The molecule has 0 unspecified atom stereocenters. The summed E-state index contributed by atoms with van der Waals surface area (Å²) in [5.74, 6) is 0.615. The maximum atomic E-state index is 8.95.